The van der Waals surface area contributed by atoms with Crippen molar-refractivity contribution in [3.63, 3.8) is 0 Å². The first-order chi connectivity index (χ1) is 4.66. The fourth-order valence-electron chi connectivity index (χ4n) is 0.553. The molecule has 0 saturated heterocycles. The lowest BCUT2D eigenvalue weighted by molar-refractivity contribution is 1.02. The van der Waals surface area contributed by atoms with E-state index >= 15 is 0 Å². The monoisotopic (exact) mass is 178 g/mol. The predicted octanol–water partition coefficient (Wildman–Crippen LogP) is 4.05. The van der Waals surface area contributed by atoms with E-state index < -0.39 is 0 Å². The summed E-state index contributed by atoms with van der Waals surface area (Å²) in [5.74, 6) is 0. The lowest BCUT2D eigenvalue weighted by atomic mass is 10.3. The highest BCUT2D eigenvalue weighted by Crippen LogP contribution is 2.11. The molecule has 0 atom stereocenters. The van der Waals surface area contributed by atoms with Gasteiger partial charge in [-0.3, -0.25) is 0 Å². The third-order valence-corrected chi connectivity index (χ3v) is 1.68. The van der Waals surface area contributed by atoms with Crippen LogP contribution in [0.25, 0.3) is 0 Å². The fraction of sp³-hybridized carbons (Fsp3) is 0.500. The molecule has 0 rings (SSSR count). The van der Waals surface area contributed by atoms with E-state index in [1.807, 2.05) is 26.0 Å². The van der Waals surface area contributed by atoms with Gasteiger partial charge >= 0.3 is 0 Å². The smallest absolute Gasteiger partial charge is 0.0141 e. The van der Waals surface area contributed by atoms with Gasteiger partial charge in [-0.25, -0.2) is 0 Å². The molecule has 0 radical (unpaired) electrons. The van der Waals surface area contributed by atoms with E-state index in [1.165, 1.54) is 0 Å². The van der Waals surface area contributed by atoms with Crippen LogP contribution in [-0.4, -0.2) is 0 Å². The quantitative estimate of drug-likeness (QED) is 0.612. The maximum atomic E-state index is 5.74. The van der Waals surface area contributed by atoms with Crippen LogP contribution in [0.4, 0.5) is 0 Å². The zero-order valence-corrected chi connectivity index (χ0v) is 7.84. The van der Waals surface area contributed by atoms with Crippen molar-refractivity contribution in [3.05, 3.63) is 22.2 Å². The summed E-state index contributed by atoms with van der Waals surface area (Å²) in [5, 5.41) is 1.73. The van der Waals surface area contributed by atoms with Crippen molar-refractivity contribution in [1.29, 1.82) is 0 Å². The lowest BCUT2D eigenvalue weighted by Gasteiger charge is -1.92. The topological polar surface area (TPSA) is 0 Å². The molecule has 0 aromatic heterocycles. The van der Waals surface area contributed by atoms with Gasteiger partial charge in [0, 0.05) is 10.1 Å². The van der Waals surface area contributed by atoms with Crippen molar-refractivity contribution in [2.45, 2.75) is 26.7 Å². The van der Waals surface area contributed by atoms with Gasteiger partial charge in [0.05, 0.1) is 0 Å². The van der Waals surface area contributed by atoms with Gasteiger partial charge in [0.1, 0.15) is 0 Å². The summed E-state index contributed by atoms with van der Waals surface area (Å²) in [6.45, 7) is 3.80. The van der Waals surface area contributed by atoms with Gasteiger partial charge in [0.25, 0.3) is 0 Å². The molecule has 0 aromatic carbocycles. The van der Waals surface area contributed by atoms with Crippen LogP contribution in [0.15, 0.2) is 22.2 Å². The number of allylic oxidation sites excluding steroid dienone is 4. The molecule has 0 saturated carbocycles. The average molecular weight is 179 g/mol. The number of rotatable bonds is 3. The van der Waals surface area contributed by atoms with Crippen molar-refractivity contribution < 1.29 is 0 Å². The standard InChI is InChI=1S/C8H12Cl2/c1-3-8(10)6-4-5-7(2)9/h3,5H,4,6H2,1-2H3. The number of halogens is 2. The Labute approximate surface area is 72.5 Å². The van der Waals surface area contributed by atoms with E-state index in [4.69, 9.17) is 23.2 Å². The summed E-state index contributed by atoms with van der Waals surface area (Å²) in [6, 6.07) is 0. The summed E-state index contributed by atoms with van der Waals surface area (Å²) < 4.78 is 0. The minimum atomic E-state index is 0.834. The van der Waals surface area contributed by atoms with Gasteiger partial charge in [0.2, 0.25) is 0 Å². The molecule has 0 fully saturated rings. The van der Waals surface area contributed by atoms with E-state index in [0.717, 1.165) is 22.9 Å². The molecule has 0 amide bonds. The van der Waals surface area contributed by atoms with E-state index in [2.05, 4.69) is 0 Å². The van der Waals surface area contributed by atoms with Crippen molar-refractivity contribution in [3.8, 4) is 0 Å². The molecular formula is C8H12Cl2. The van der Waals surface area contributed by atoms with Crippen molar-refractivity contribution >= 4 is 23.2 Å². The van der Waals surface area contributed by atoms with Crippen LogP contribution in [0, 0.1) is 0 Å². The van der Waals surface area contributed by atoms with Gasteiger partial charge in [-0.15, -0.1) is 0 Å². The van der Waals surface area contributed by atoms with Gasteiger partial charge in [0.15, 0.2) is 0 Å². The number of hydrogen-bond donors (Lipinski definition) is 0. The lowest BCUT2D eigenvalue weighted by Crippen LogP contribution is -1.71. The highest BCUT2D eigenvalue weighted by molar-refractivity contribution is 6.29. The maximum absolute atomic E-state index is 5.74. The van der Waals surface area contributed by atoms with Gasteiger partial charge in [-0.1, -0.05) is 35.4 Å². The Hall–Kier alpha value is 0.0600. The third-order valence-electron chi connectivity index (χ3n) is 1.12. The summed E-state index contributed by atoms with van der Waals surface area (Å²) in [7, 11) is 0. The fourth-order valence-corrected chi connectivity index (χ4v) is 0.772. The zero-order chi connectivity index (χ0) is 7.98. The first kappa shape index (κ1) is 10.1. The van der Waals surface area contributed by atoms with E-state index in [-0.39, 0.29) is 0 Å². The Morgan fingerprint density at radius 2 is 2.00 bits per heavy atom. The average Bonchev–Trinajstić information content (AvgIpc) is 1.87. The van der Waals surface area contributed by atoms with Crippen LogP contribution in [0.2, 0.25) is 0 Å². The summed E-state index contributed by atoms with van der Waals surface area (Å²) in [4.78, 5) is 0. The molecule has 0 bridgehead atoms. The molecule has 0 aromatic rings. The Kier molecular flexibility index (Phi) is 5.85. The second-order valence-corrected chi connectivity index (χ2v) is 3.15. The Balaban J connectivity index is 3.47. The zero-order valence-electron chi connectivity index (χ0n) is 6.32. The van der Waals surface area contributed by atoms with Gasteiger partial charge < -0.3 is 0 Å². The van der Waals surface area contributed by atoms with Crippen LogP contribution in [0.5, 0.6) is 0 Å². The molecule has 58 valence electrons. The van der Waals surface area contributed by atoms with Crippen LogP contribution in [-0.2, 0) is 0 Å². The van der Waals surface area contributed by atoms with Crippen molar-refractivity contribution in [1.82, 2.24) is 0 Å². The van der Waals surface area contributed by atoms with Crippen LogP contribution in [0.3, 0.4) is 0 Å². The highest BCUT2D eigenvalue weighted by atomic mass is 35.5. The Morgan fingerprint density at radius 1 is 1.40 bits per heavy atom. The molecule has 2 heteroatoms. The largest absolute Gasteiger partial charge is 0.0898 e. The van der Waals surface area contributed by atoms with Gasteiger partial charge in [-0.05, 0) is 26.7 Å². The van der Waals surface area contributed by atoms with Crippen molar-refractivity contribution in [2.75, 3.05) is 0 Å². The Bertz CT molecular complexity index is 141. The predicted molar refractivity (Wildman–Crippen MR) is 48.5 cm³/mol. The molecule has 0 aliphatic heterocycles. The molecule has 0 heterocycles. The van der Waals surface area contributed by atoms with Crippen LogP contribution in [0.1, 0.15) is 26.7 Å². The minimum Gasteiger partial charge on any atom is -0.0898 e. The highest BCUT2D eigenvalue weighted by Gasteiger charge is 1.87. The molecule has 10 heavy (non-hydrogen) atoms. The summed E-state index contributed by atoms with van der Waals surface area (Å²) >= 11 is 11.3. The molecule has 0 spiro atoms. The molecule has 0 N–H and O–H groups in total. The first-order valence-electron chi connectivity index (χ1n) is 3.29. The van der Waals surface area contributed by atoms with E-state index in [0.29, 0.717) is 0 Å². The SMILES string of the molecule is CC=C(Cl)CCC=C(C)Cl. The van der Waals surface area contributed by atoms with E-state index in [1.54, 1.807) is 0 Å². The second-order valence-electron chi connectivity index (χ2n) is 2.07. The molecule has 0 aliphatic carbocycles. The normalized spacial score (nSPS) is 14.0. The maximum Gasteiger partial charge on any atom is 0.0141 e. The molecule has 0 unspecified atom stereocenters. The van der Waals surface area contributed by atoms with Crippen molar-refractivity contribution in [2.24, 2.45) is 0 Å². The molecule has 0 aliphatic rings. The first-order valence-corrected chi connectivity index (χ1v) is 4.05. The number of hydrogen-bond acceptors (Lipinski definition) is 0. The Morgan fingerprint density at radius 3 is 2.40 bits per heavy atom. The van der Waals surface area contributed by atoms with Gasteiger partial charge in [-0.2, -0.15) is 0 Å². The second kappa shape index (κ2) is 5.82. The van der Waals surface area contributed by atoms with Crippen LogP contribution >= 0.6 is 23.2 Å². The summed E-state index contributed by atoms with van der Waals surface area (Å²) in [5.41, 5.74) is 0. The molecule has 0 nitrogen and oxygen atoms in total. The van der Waals surface area contributed by atoms with E-state index in [9.17, 15) is 0 Å². The third kappa shape index (κ3) is 6.18. The van der Waals surface area contributed by atoms with Crippen LogP contribution < -0.4 is 0 Å². The minimum absolute atomic E-state index is 0.834. The summed E-state index contributed by atoms with van der Waals surface area (Å²) in [6.07, 6.45) is 5.69. The molecular weight excluding hydrogens is 167 g/mol.